The fourth-order valence-electron chi connectivity index (χ4n) is 2.86. The lowest BCUT2D eigenvalue weighted by Gasteiger charge is -2.31. The molecule has 0 aliphatic carbocycles. The molecule has 1 N–H and O–H groups in total. The van der Waals surface area contributed by atoms with Gasteiger partial charge in [0.05, 0.1) is 11.9 Å². The number of nitrogens with one attached hydrogen (secondary N) is 1. The summed E-state index contributed by atoms with van der Waals surface area (Å²) >= 11 is 1.27. The van der Waals surface area contributed by atoms with E-state index in [1.54, 1.807) is 18.3 Å². The van der Waals surface area contributed by atoms with Crippen molar-refractivity contribution in [3.8, 4) is 11.3 Å². The van der Waals surface area contributed by atoms with Gasteiger partial charge in [-0.25, -0.2) is 9.37 Å². The summed E-state index contributed by atoms with van der Waals surface area (Å²) in [5, 5.41) is 3.52. The summed E-state index contributed by atoms with van der Waals surface area (Å²) in [6.45, 7) is 5.30. The second kappa shape index (κ2) is 8.49. The second-order valence-corrected chi connectivity index (χ2v) is 6.99. The molecule has 1 aliphatic heterocycles. The number of oxazole rings is 1. The molecule has 2 heterocycles. The van der Waals surface area contributed by atoms with Crippen molar-refractivity contribution in [1.29, 1.82) is 0 Å². The van der Waals surface area contributed by atoms with Gasteiger partial charge in [-0.05, 0) is 43.7 Å². The van der Waals surface area contributed by atoms with E-state index < -0.39 is 0 Å². The van der Waals surface area contributed by atoms with Gasteiger partial charge in [0.15, 0.2) is 5.76 Å². The van der Waals surface area contributed by atoms with E-state index in [1.165, 1.54) is 23.9 Å². The highest BCUT2D eigenvalue weighted by molar-refractivity contribution is 7.99. The Hall–Kier alpha value is -1.86. The molecule has 134 valence electrons. The van der Waals surface area contributed by atoms with Crippen LogP contribution in [0.15, 0.2) is 40.1 Å². The summed E-state index contributed by atoms with van der Waals surface area (Å²) in [5.74, 6) is 0.549. The third-order valence-electron chi connectivity index (χ3n) is 4.34. The number of halogens is 1. The van der Waals surface area contributed by atoms with Crippen LogP contribution in [0.25, 0.3) is 11.3 Å². The Labute approximate surface area is 151 Å². The van der Waals surface area contributed by atoms with Crippen LogP contribution in [-0.2, 0) is 4.79 Å². The van der Waals surface area contributed by atoms with E-state index in [-0.39, 0.29) is 23.5 Å². The molecule has 2 aromatic rings. The minimum Gasteiger partial charge on any atom is -0.431 e. The van der Waals surface area contributed by atoms with Crippen LogP contribution in [-0.4, -0.2) is 47.2 Å². The molecule has 0 atom stereocenters. The van der Waals surface area contributed by atoms with Gasteiger partial charge in [-0.1, -0.05) is 18.7 Å². The number of aromatic nitrogens is 1. The van der Waals surface area contributed by atoms with Crippen LogP contribution in [0.3, 0.4) is 0 Å². The maximum Gasteiger partial charge on any atom is 0.256 e. The predicted molar refractivity (Wildman–Crippen MR) is 95.9 cm³/mol. The zero-order chi connectivity index (χ0) is 17.6. The van der Waals surface area contributed by atoms with E-state index in [9.17, 15) is 9.18 Å². The average molecular weight is 363 g/mol. The van der Waals surface area contributed by atoms with Gasteiger partial charge >= 0.3 is 0 Å². The fraction of sp³-hybridized carbons (Fsp3) is 0.444. The number of hydrogen-bond donors (Lipinski definition) is 1. The first-order chi connectivity index (χ1) is 12.1. The van der Waals surface area contributed by atoms with Crippen molar-refractivity contribution in [2.24, 2.45) is 0 Å². The molecule has 5 nitrogen and oxygen atoms in total. The lowest BCUT2D eigenvalue weighted by atomic mass is 10.1. The topological polar surface area (TPSA) is 58.4 Å². The van der Waals surface area contributed by atoms with Gasteiger partial charge in [-0.3, -0.25) is 4.79 Å². The minimum absolute atomic E-state index is 0.00137. The number of piperidine rings is 1. The zero-order valence-electron chi connectivity index (χ0n) is 14.2. The number of thioether (sulfide) groups is 1. The van der Waals surface area contributed by atoms with Crippen LogP contribution in [0.2, 0.25) is 0 Å². The molecule has 0 radical (unpaired) electrons. The number of hydrogen-bond acceptors (Lipinski definition) is 5. The average Bonchev–Trinajstić information content (AvgIpc) is 3.10. The fourth-order valence-corrected chi connectivity index (χ4v) is 3.48. The van der Waals surface area contributed by atoms with E-state index in [1.807, 2.05) is 0 Å². The number of likely N-dealkylation sites (tertiary alicyclic amines) is 1. The highest BCUT2D eigenvalue weighted by Crippen LogP contribution is 2.25. The van der Waals surface area contributed by atoms with Crippen molar-refractivity contribution < 1.29 is 13.6 Å². The number of carbonyl (C=O) groups excluding carboxylic acids is 1. The quantitative estimate of drug-likeness (QED) is 0.799. The Kier molecular flexibility index (Phi) is 6.09. The molecule has 1 aromatic carbocycles. The Morgan fingerprint density at radius 2 is 2.08 bits per heavy atom. The van der Waals surface area contributed by atoms with Crippen molar-refractivity contribution in [2.45, 2.75) is 31.0 Å². The third kappa shape index (κ3) is 5.06. The third-order valence-corrected chi connectivity index (χ3v) is 5.18. The second-order valence-electron chi connectivity index (χ2n) is 6.06. The molecule has 1 fully saturated rings. The van der Waals surface area contributed by atoms with E-state index >= 15 is 0 Å². The van der Waals surface area contributed by atoms with E-state index in [0.717, 1.165) is 38.0 Å². The van der Waals surface area contributed by atoms with Crippen LogP contribution in [0.1, 0.15) is 19.8 Å². The zero-order valence-corrected chi connectivity index (χ0v) is 15.0. The van der Waals surface area contributed by atoms with E-state index in [2.05, 4.69) is 22.1 Å². The summed E-state index contributed by atoms with van der Waals surface area (Å²) < 4.78 is 18.6. The molecule has 3 rings (SSSR count). The molecule has 1 aromatic heterocycles. The van der Waals surface area contributed by atoms with Gasteiger partial charge in [-0.15, -0.1) is 0 Å². The van der Waals surface area contributed by atoms with Crippen molar-refractivity contribution in [3.63, 3.8) is 0 Å². The number of amides is 1. The summed E-state index contributed by atoms with van der Waals surface area (Å²) in [7, 11) is 0. The molecule has 1 aliphatic rings. The first-order valence-corrected chi connectivity index (χ1v) is 9.49. The van der Waals surface area contributed by atoms with Gasteiger partial charge in [0.2, 0.25) is 5.91 Å². The van der Waals surface area contributed by atoms with Crippen LogP contribution in [0, 0.1) is 5.82 Å². The number of rotatable bonds is 6. The lowest BCUT2D eigenvalue weighted by Crippen LogP contribution is -2.45. The van der Waals surface area contributed by atoms with Crippen molar-refractivity contribution in [3.05, 3.63) is 36.3 Å². The van der Waals surface area contributed by atoms with Crippen molar-refractivity contribution in [1.82, 2.24) is 15.2 Å². The monoisotopic (exact) mass is 363 g/mol. The number of benzene rings is 1. The molecule has 25 heavy (non-hydrogen) atoms. The van der Waals surface area contributed by atoms with Crippen LogP contribution < -0.4 is 5.32 Å². The normalized spacial score (nSPS) is 16.1. The SMILES string of the molecule is CCN1CCC(NC(=O)CSc2ncc(-c3ccc(F)cc3)o2)CC1. The molecule has 1 amide bonds. The first-order valence-electron chi connectivity index (χ1n) is 8.50. The van der Waals surface area contributed by atoms with Gasteiger partial charge in [0.1, 0.15) is 5.82 Å². The Bertz CT molecular complexity index is 697. The molecular weight excluding hydrogens is 341 g/mol. The highest BCUT2D eigenvalue weighted by atomic mass is 32.2. The summed E-state index contributed by atoms with van der Waals surface area (Å²) in [6.07, 6.45) is 3.59. The van der Waals surface area contributed by atoms with E-state index in [0.29, 0.717) is 11.0 Å². The molecule has 0 spiro atoms. The van der Waals surface area contributed by atoms with Crippen molar-refractivity contribution >= 4 is 17.7 Å². The van der Waals surface area contributed by atoms with E-state index in [4.69, 9.17) is 4.42 Å². The lowest BCUT2D eigenvalue weighted by molar-refractivity contribution is -0.119. The van der Waals surface area contributed by atoms with Gasteiger partial charge < -0.3 is 14.6 Å². The van der Waals surface area contributed by atoms with Gasteiger partial charge in [0.25, 0.3) is 5.22 Å². The summed E-state index contributed by atoms with van der Waals surface area (Å²) in [6, 6.07) is 6.29. The molecule has 1 saturated heterocycles. The molecule has 0 bridgehead atoms. The van der Waals surface area contributed by atoms with Gasteiger partial charge in [0, 0.05) is 24.7 Å². The number of carbonyl (C=O) groups is 1. The Morgan fingerprint density at radius 3 is 2.76 bits per heavy atom. The van der Waals surface area contributed by atoms with Crippen molar-refractivity contribution in [2.75, 3.05) is 25.4 Å². The maximum atomic E-state index is 13.0. The summed E-state index contributed by atoms with van der Waals surface area (Å²) in [5.41, 5.74) is 0.757. The Morgan fingerprint density at radius 1 is 1.36 bits per heavy atom. The predicted octanol–water partition coefficient (Wildman–Crippen LogP) is 3.17. The molecular formula is C18H22FN3O2S. The molecule has 7 heteroatoms. The highest BCUT2D eigenvalue weighted by Gasteiger charge is 2.20. The molecule has 0 unspecified atom stereocenters. The van der Waals surface area contributed by atoms with Crippen LogP contribution in [0.5, 0.6) is 0 Å². The van der Waals surface area contributed by atoms with Crippen LogP contribution >= 0.6 is 11.8 Å². The maximum absolute atomic E-state index is 13.0. The van der Waals surface area contributed by atoms with Crippen LogP contribution in [0.4, 0.5) is 4.39 Å². The smallest absolute Gasteiger partial charge is 0.256 e. The standard InChI is InChI=1S/C18H22FN3O2S/c1-2-22-9-7-15(8-10-22)21-17(23)12-25-18-20-11-16(24-18)13-3-5-14(19)6-4-13/h3-6,11,15H,2,7-10,12H2,1H3,(H,21,23). The Balaban J connectivity index is 1.46. The summed E-state index contributed by atoms with van der Waals surface area (Å²) in [4.78, 5) is 18.7. The first kappa shape index (κ1) is 17.9. The largest absolute Gasteiger partial charge is 0.431 e. The van der Waals surface area contributed by atoms with Gasteiger partial charge in [-0.2, -0.15) is 0 Å². The number of nitrogens with zero attached hydrogens (tertiary/aromatic N) is 2. The molecule has 0 saturated carbocycles. The minimum atomic E-state index is -0.292.